The van der Waals surface area contributed by atoms with Crippen LogP contribution in [0.4, 0.5) is 10.1 Å². The molecule has 0 amide bonds. The molecule has 1 aliphatic rings. The number of nitrogens with zero attached hydrogens (tertiary/aromatic N) is 1. The molecule has 0 fully saturated rings. The molecule has 0 aromatic heterocycles. The number of nitrogens with one attached hydrogen (secondary N) is 3. The van der Waals surface area contributed by atoms with Crippen molar-refractivity contribution in [2.45, 2.75) is 32.7 Å². The molecule has 1 heterocycles. The lowest BCUT2D eigenvalue weighted by Crippen LogP contribution is -2.42. The predicted octanol–water partition coefficient (Wildman–Crippen LogP) is 5.53. The summed E-state index contributed by atoms with van der Waals surface area (Å²) >= 11 is 12.6. The first-order chi connectivity index (χ1) is 15.9. The number of halogens is 3. The molecule has 0 aliphatic carbocycles. The molecule has 33 heavy (non-hydrogen) atoms. The molecule has 8 heteroatoms. The van der Waals surface area contributed by atoms with Crippen LogP contribution >= 0.6 is 23.2 Å². The van der Waals surface area contributed by atoms with E-state index in [1.54, 1.807) is 0 Å². The van der Waals surface area contributed by atoms with Gasteiger partial charge in [-0.1, -0.05) is 55.1 Å². The van der Waals surface area contributed by atoms with Gasteiger partial charge in [0.2, 0.25) is 0 Å². The van der Waals surface area contributed by atoms with Gasteiger partial charge in [-0.2, -0.15) is 0 Å². The van der Waals surface area contributed by atoms with Crippen molar-refractivity contribution in [2.24, 2.45) is 5.73 Å². The molecule has 5 nitrogen and oxygen atoms in total. The van der Waals surface area contributed by atoms with Crippen molar-refractivity contribution in [3.8, 4) is 0 Å². The van der Waals surface area contributed by atoms with E-state index < -0.39 is 5.82 Å². The normalized spacial score (nSPS) is 14.3. The minimum atomic E-state index is -0.482. The number of benzene rings is 2. The van der Waals surface area contributed by atoms with Gasteiger partial charge < -0.3 is 26.6 Å². The van der Waals surface area contributed by atoms with Crippen molar-refractivity contribution in [2.75, 3.05) is 32.0 Å². The molecule has 3 rings (SSSR count). The third-order valence-corrected chi connectivity index (χ3v) is 6.40. The molecule has 0 unspecified atom stereocenters. The number of rotatable bonds is 10. The van der Waals surface area contributed by atoms with Crippen molar-refractivity contribution in [1.29, 1.82) is 0 Å². The fourth-order valence-corrected chi connectivity index (χ4v) is 4.24. The quantitative estimate of drug-likeness (QED) is 0.260. The van der Waals surface area contributed by atoms with Crippen molar-refractivity contribution >= 4 is 34.6 Å². The third-order valence-electron chi connectivity index (χ3n) is 5.64. The van der Waals surface area contributed by atoms with Crippen LogP contribution in [-0.2, 0) is 6.54 Å². The van der Waals surface area contributed by atoms with Gasteiger partial charge in [0, 0.05) is 55.2 Å². The molecule has 178 valence electrons. The van der Waals surface area contributed by atoms with Gasteiger partial charge in [0.1, 0.15) is 11.6 Å². The second-order valence-corrected chi connectivity index (χ2v) is 8.78. The zero-order chi connectivity index (χ0) is 23.8. The van der Waals surface area contributed by atoms with Gasteiger partial charge in [-0.15, -0.1) is 0 Å². The average Bonchev–Trinajstić information content (AvgIpc) is 2.83. The summed E-state index contributed by atoms with van der Waals surface area (Å²) in [7, 11) is 1.84. The number of hydrogen-bond donors (Lipinski definition) is 4. The molecule has 0 radical (unpaired) electrons. The maximum atomic E-state index is 14.1. The lowest BCUT2D eigenvalue weighted by Gasteiger charge is -2.34. The van der Waals surface area contributed by atoms with E-state index in [0.29, 0.717) is 29.4 Å². The highest BCUT2D eigenvalue weighted by molar-refractivity contribution is 6.36. The van der Waals surface area contributed by atoms with Crippen molar-refractivity contribution in [3.63, 3.8) is 0 Å². The summed E-state index contributed by atoms with van der Waals surface area (Å²) in [6, 6.07) is 10.9. The molecule has 0 bridgehead atoms. The van der Waals surface area contributed by atoms with Crippen LogP contribution < -0.4 is 21.7 Å². The molecule has 1 aliphatic heterocycles. The van der Waals surface area contributed by atoms with Crippen molar-refractivity contribution in [3.05, 3.63) is 81.0 Å². The second-order valence-electron chi connectivity index (χ2n) is 7.99. The minimum absolute atomic E-state index is 0.0466. The van der Waals surface area contributed by atoms with Gasteiger partial charge in [0.05, 0.1) is 10.7 Å². The maximum absolute atomic E-state index is 14.1. The van der Waals surface area contributed by atoms with Gasteiger partial charge in [-0.05, 0) is 42.3 Å². The predicted molar refractivity (Wildman–Crippen MR) is 138 cm³/mol. The summed E-state index contributed by atoms with van der Waals surface area (Å²) in [5.41, 5.74) is 10.5. The Morgan fingerprint density at radius 1 is 1.18 bits per heavy atom. The standard InChI is InChI=1S/C25H32Cl2FN5/c1-3-4-5-12-31-18-8-6-17(7-9-18)22(29)15-23-25(30-2)32-13-14-33(23)16-19-20(26)10-11-21(28)24(19)27/h6-11,15,30-32H,3-5,12-14,16,29H2,1-2H3/b22-15-. The smallest absolute Gasteiger partial charge is 0.142 e. The van der Waals surface area contributed by atoms with Crippen LogP contribution in [0, 0.1) is 5.82 Å². The van der Waals surface area contributed by atoms with Crippen molar-refractivity contribution in [1.82, 2.24) is 15.5 Å². The molecule has 0 saturated carbocycles. The number of nitrogens with two attached hydrogens (primary N) is 1. The summed E-state index contributed by atoms with van der Waals surface area (Å²) in [5, 5.41) is 10.5. The Kier molecular flexibility index (Phi) is 9.15. The Hall–Kier alpha value is -2.57. The lowest BCUT2D eigenvalue weighted by atomic mass is 10.1. The Morgan fingerprint density at radius 2 is 1.94 bits per heavy atom. The first-order valence-corrected chi connectivity index (χ1v) is 12.0. The first-order valence-electron chi connectivity index (χ1n) is 11.3. The van der Waals surface area contributed by atoms with E-state index in [9.17, 15) is 4.39 Å². The number of allylic oxidation sites excluding steroid dienone is 1. The molecule has 0 atom stereocenters. The van der Waals surface area contributed by atoms with E-state index in [-0.39, 0.29) is 5.02 Å². The fourth-order valence-electron chi connectivity index (χ4n) is 3.75. The molecule has 2 aromatic rings. The fraction of sp³-hybridized carbons (Fsp3) is 0.360. The van der Waals surface area contributed by atoms with Crippen LogP contribution in [0.1, 0.15) is 37.3 Å². The maximum Gasteiger partial charge on any atom is 0.142 e. The van der Waals surface area contributed by atoms with Crippen LogP contribution in [0.2, 0.25) is 10.0 Å². The molecule has 2 aromatic carbocycles. The summed E-state index contributed by atoms with van der Waals surface area (Å²) in [5.74, 6) is 0.353. The lowest BCUT2D eigenvalue weighted by molar-refractivity contribution is 0.316. The highest BCUT2D eigenvalue weighted by Gasteiger charge is 2.21. The molecular formula is C25H32Cl2FN5. The van der Waals surface area contributed by atoms with Gasteiger partial charge in [-0.3, -0.25) is 0 Å². The van der Waals surface area contributed by atoms with E-state index in [1.807, 2.05) is 37.4 Å². The Bertz CT molecular complexity index is 1000. The molecule has 0 spiro atoms. The number of hydrogen-bond acceptors (Lipinski definition) is 5. The number of anilines is 1. The Balaban J connectivity index is 1.82. The van der Waals surface area contributed by atoms with Gasteiger partial charge >= 0.3 is 0 Å². The van der Waals surface area contributed by atoms with Gasteiger partial charge in [0.15, 0.2) is 0 Å². The van der Waals surface area contributed by atoms with Crippen LogP contribution in [0.5, 0.6) is 0 Å². The summed E-state index contributed by atoms with van der Waals surface area (Å²) in [6.07, 6.45) is 5.50. The zero-order valence-electron chi connectivity index (χ0n) is 19.1. The van der Waals surface area contributed by atoms with E-state index >= 15 is 0 Å². The monoisotopic (exact) mass is 491 g/mol. The topological polar surface area (TPSA) is 65.3 Å². The molecule has 5 N–H and O–H groups in total. The minimum Gasteiger partial charge on any atom is -0.398 e. The van der Waals surface area contributed by atoms with Gasteiger partial charge in [-0.25, -0.2) is 4.39 Å². The second kappa shape index (κ2) is 12.1. The van der Waals surface area contributed by atoms with Gasteiger partial charge in [0.25, 0.3) is 0 Å². The summed E-state index contributed by atoms with van der Waals surface area (Å²) < 4.78 is 14.1. The van der Waals surface area contributed by atoms with E-state index in [0.717, 1.165) is 42.3 Å². The number of unbranched alkanes of at least 4 members (excludes halogenated alkanes) is 2. The SMILES string of the molecule is CCCCCNc1ccc(/C(N)=C/C2=C(NC)NCCN2Cc2c(Cl)ccc(F)c2Cl)cc1. The van der Waals surface area contributed by atoms with Crippen LogP contribution in [-0.4, -0.2) is 31.6 Å². The molecule has 0 saturated heterocycles. The third kappa shape index (κ3) is 6.49. The molecular weight excluding hydrogens is 460 g/mol. The van der Waals surface area contributed by atoms with Crippen LogP contribution in [0.15, 0.2) is 54.0 Å². The largest absolute Gasteiger partial charge is 0.398 e. The highest BCUT2D eigenvalue weighted by Crippen LogP contribution is 2.30. The first kappa shape index (κ1) is 25.1. The highest BCUT2D eigenvalue weighted by atomic mass is 35.5. The van der Waals surface area contributed by atoms with E-state index in [1.165, 1.54) is 25.0 Å². The van der Waals surface area contributed by atoms with Crippen molar-refractivity contribution < 1.29 is 4.39 Å². The van der Waals surface area contributed by atoms with Crippen LogP contribution in [0.3, 0.4) is 0 Å². The summed E-state index contributed by atoms with van der Waals surface area (Å²) in [6.45, 7) is 4.93. The van der Waals surface area contributed by atoms with E-state index in [2.05, 4.69) is 27.8 Å². The Morgan fingerprint density at radius 3 is 2.64 bits per heavy atom. The summed E-state index contributed by atoms with van der Waals surface area (Å²) in [4.78, 5) is 2.09. The van der Waals surface area contributed by atoms with Crippen LogP contribution in [0.25, 0.3) is 5.70 Å². The van der Waals surface area contributed by atoms with E-state index in [4.69, 9.17) is 28.9 Å². The average molecular weight is 492 g/mol. The zero-order valence-corrected chi connectivity index (χ0v) is 20.7. The Labute approximate surface area is 205 Å².